The van der Waals surface area contributed by atoms with Gasteiger partial charge in [0.25, 0.3) is 0 Å². The van der Waals surface area contributed by atoms with Crippen LogP contribution in [0.4, 0.5) is 0 Å². The molecule has 0 saturated heterocycles. The average Bonchev–Trinajstić information content (AvgIpc) is 2.93. The Morgan fingerprint density at radius 1 is 1.33 bits per heavy atom. The van der Waals surface area contributed by atoms with Gasteiger partial charge < -0.3 is 0 Å². The van der Waals surface area contributed by atoms with Crippen LogP contribution in [0.25, 0.3) is 0 Å². The molecule has 1 aliphatic carbocycles. The van der Waals surface area contributed by atoms with E-state index >= 15 is 0 Å². The van der Waals surface area contributed by atoms with Gasteiger partial charge in [0.15, 0.2) is 0 Å². The van der Waals surface area contributed by atoms with Crippen LogP contribution in [0.1, 0.15) is 37.8 Å². The van der Waals surface area contributed by atoms with Crippen molar-refractivity contribution in [2.45, 2.75) is 38.5 Å². The summed E-state index contributed by atoms with van der Waals surface area (Å²) in [6, 6.07) is 9.12. The maximum Gasteiger partial charge on any atom is 0.0260 e. The van der Waals surface area contributed by atoms with Crippen molar-refractivity contribution in [3.63, 3.8) is 0 Å². The maximum atomic E-state index is 5.91. The van der Waals surface area contributed by atoms with E-state index in [1.807, 2.05) is 0 Å². The van der Waals surface area contributed by atoms with Gasteiger partial charge in [-0.2, -0.15) is 0 Å². The van der Waals surface area contributed by atoms with Gasteiger partial charge in [-0.1, -0.05) is 44.5 Å². The summed E-state index contributed by atoms with van der Waals surface area (Å²) in [7, 11) is 0. The number of alkyl halides is 1. The lowest BCUT2D eigenvalue weighted by atomic mass is 9.94. The lowest BCUT2D eigenvalue weighted by Crippen LogP contribution is -2.05. The smallest absolute Gasteiger partial charge is 0.0260 e. The van der Waals surface area contributed by atoms with Gasteiger partial charge >= 0.3 is 0 Å². The fourth-order valence-corrected chi connectivity index (χ4v) is 2.82. The molecule has 2 atom stereocenters. The normalized spacial score (nSPS) is 29.1. The molecule has 0 heterocycles. The zero-order chi connectivity index (χ0) is 10.9. The molecular formula is C14H19Cl. The molecule has 0 aromatic heterocycles. The Kier molecular flexibility index (Phi) is 3.06. The van der Waals surface area contributed by atoms with E-state index in [1.165, 1.54) is 30.4 Å². The highest BCUT2D eigenvalue weighted by Gasteiger charge is 2.50. The largest absolute Gasteiger partial charge is 0.126 e. The van der Waals surface area contributed by atoms with Crippen molar-refractivity contribution in [3.8, 4) is 0 Å². The van der Waals surface area contributed by atoms with Crippen LogP contribution in [0.5, 0.6) is 0 Å². The molecule has 82 valence electrons. The summed E-state index contributed by atoms with van der Waals surface area (Å²) in [6.45, 7) is 4.55. The third-order valence-electron chi connectivity index (χ3n) is 3.75. The van der Waals surface area contributed by atoms with E-state index in [9.17, 15) is 0 Å². The van der Waals surface area contributed by atoms with E-state index in [2.05, 4.69) is 38.1 Å². The second-order valence-corrected chi connectivity index (χ2v) is 5.23. The maximum absolute atomic E-state index is 5.91. The van der Waals surface area contributed by atoms with E-state index in [0.29, 0.717) is 11.3 Å². The van der Waals surface area contributed by atoms with E-state index < -0.39 is 0 Å². The summed E-state index contributed by atoms with van der Waals surface area (Å²) < 4.78 is 0. The fourth-order valence-electron chi connectivity index (χ4n) is 2.37. The van der Waals surface area contributed by atoms with E-state index in [-0.39, 0.29) is 0 Å². The SMILES string of the molecule is CCCc1ccc(C2(C)CC2CCl)cc1. The molecule has 1 fully saturated rings. The van der Waals surface area contributed by atoms with Crippen molar-refractivity contribution in [2.24, 2.45) is 5.92 Å². The first-order valence-electron chi connectivity index (χ1n) is 5.86. The number of hydrogen-bond acceptors (Lipinski definition) is 0. The molecule has 0 N–H and O–H groups in total. The van der Waals surface area contributed by atoms with Crippen molar-refractivity contribution in [3.05, 3.63) is 35.4 Å². The summed E-state index contributed by atoms with van der Waals surface area (Å²) in [4.78, 5) is 0. The Bertz CT molecular complexity index is 328. The van der Waals surface area contributed by atoms with Crippen LogP contribution in [0.15, 0.2) is 24.3 Å². The summed E-state index contributed by atoms with van der Waals surface area (Å²) in [5, 5.41) is 0. The lowest BCUT2D eigenvalue weighted by Gasteiger charge is -2.11. The number of rotatable bonds is 4. The number of halogens is 1. The van der Waals surface area contributed by atoms with Gasteiger partial charge in [0.1, 0.15) is 0 Å². The molecular weight excluding hydrogens is 204 g/mol. The van der Waals surface area contributed by atoms with Crippen LogP contribution in [-0.2, 0) is 11.8 Å². The third-order valence-corrected chi connectivity index (χ3v) is 4.12. The zero-order valence-electron chi connectivity index (χ0n) is 9.59. The van der Waals surface area contributed by atoms with Gasteiger partial charge in [-0.3, -0.25) is 0 Å². The summed E-state index contributed by atoms with van der Waals surface area (Å²) >= 11 is 5.91. The molecule has 0 amide bonds. The average molecular weight is 223 g/mol. The van der Waals surface area contributed by atoms with Gasteiger partial charge in [-0.25, -0.2) is 0 Å². The van der Waals surface area contributed by atoms with Crippen molar-refractivity contribution in [1.29, 1.82) is 0 Å². The van der Waals surface area contributed by atoms with Crippen LogP contribution in [0.3, 0.4) is 0 Å². The topological polar surface area (TPSA) is 0 Å². The Balaban J connectivity index is 2.11. The number of hydrogen-bond donors (Lipinski definition) is 0. The van der Waals surface area contributed by atoms with Crippen LogP contribution in [0, 0.1) is 5.92 Å². The van der Waals surface area contributed by atoms with Gasteiger partial charge in [0.2, 0.25) is 0 Å². The molecule has 1 aliphatic rings. The highest BCUT2D eigenvalue weighted by atomic mass is 35.5. The summed E-state index contributed by atoms with van der Waals surface area (Å²) in [5.74, 6) is 1.49. The zero-order valence-corrected chi connectivity index (χ0v) is 10.3. The van der Waals surface area contributed by atoms with Crippen LogP contribution in [-0.4, -0.2) is 5.88 Å². The summed E-state index contributed by atoms with van der Waals surface area (Å²) in [6.07, 6.45) is 3.67. The molecule has 2 unspecified atom stereocenters. The van der Waals surface area contributed by atoms with Crippen LogP contribution >= 0.6 is 11.6 Å². The first-order valence-corrected chi connectivity index (χ1v) is 6.39. The second kappa shape index (κ2) is 4.17. The molecule has 1 heteroatoms. The first kappa shape index (κ1) is 11.0. The van der Waals surface area contributed by atoms with Gasteiger partial charge in [-0.05, 0) is 35.3 Å². The van der Waals surface area contributed by atoms with Crippen LogP contribution in [0.2, 0.25) is 0 Å². The Morgan fingerprint density at radius 3 is 2.47 bits per heavy atom. The van der Waals surface area contributed by atoms with Crippen molar-refractivity contribution < 1.29 is 0 Å². The minimum Gasteiger partial charge on any atom is -0.126 e. The Morgan fingerprint density at radius 2 is 2.00 bits per heavy atom. The number of aryl methyl sites for hydroxylation is 1. The molecule has 1 aromatic carbocycles. The van der Waals surface area contributed by atoms with Crippen molar-refractivity contribution >= 4 is 11.6 Å². The molecule has 1 saturated carbocycles. The predicted octanol–water partition coefficient (Wildman–Crippen LogP) is 4.16. The monoisotopic (exact) mass is 222 g/mol. The molecule has 1 aromatic rings. The van der Waals surface area contributed by atoms with Crippen LogP contribution < -0.4 is 0 Å². The number of benzene rings is 1. The molecule has 15 heavy (non-hydrogen) atoms. The van der Waals surface area contributed by atoms with E-state index in [0.717, 1.165) is 5.88 Å². The molecule has 0 bridgehead atoms. The van der Waals surface area contributed by atoms with Gasteiger partial charge in [0, 0.05) is 5.88 Å². The molecule has 0 radical (unpaired) electrons. The van der Waals surface area contributed by atoms with Gasteiger partial charge in [-0.15, -0.1) is 11.6 Å². The Hall–Kier alpha value is -0.490. The fraction of sp³-hybridized carbons (Fsp3) is 0.571. The minimum atomic E-state index is 0.368. The quantitative estimate of drug-likeness (QED) is 0.672. The van der Waals surface area contributed by atoms with E-state index in [4.69, 9.17) is 11.6 Å². The van der Waals surface area contributed by atoms with E-state index in [1.54, 1.807) is 0 Å². The Labute approximate surface area is 97.6 Å². The molecule has 0 spiro atoms. The molecule has 0 aliphatic heterocycles. The highest BCUT2D eigenvalue weighted by Crippen LogP contribution is 2.54. The third kappa shape index (κ3) is 2.06. The van der Waals surface area contributed by atoms with Crippen molar-refractivity contribution in [2.75, 3.05) is 5.88 Å². The molecule has 2 rings (SSSR count). The predicted molar refractivity (Wildman–Crippen MR) is 66.6 cm³/mol. The highest BCUT2D eigenvalue weighted by molar-refractivity contribution is 6.18. The molecule has 0 nitrogen and oxygen atoms in total. The van der Waals surface area contributed by atoms with Gasteiger partial charge in [0.05, 0.1) is 0 Å². The second-order valence-electron chi connectivity index (χ2n) is 4.92. The first-order chi connectivity index (χ1) is 7.20. The summed E-state index contributed by atoms with van der Waals surface area (Å²) in [5.41, 5.74) is 3.29. The standard InChI is InChI=1S/C14H19Cl/c1-3-4-11-5-7-12(8-6-11)14(2)9-13(14)10-15/h5-8,13H,3-4,9-10H2,1-2H3. The van der Waals surface area contributed by atoms with Crippen molar-refractivity contribution in [1.82, 2.24) is 0 Å². The lowest BCUT2D eigenvalue weighted by molar-refractivity contribution is 0.705. The minimum absolute atomic E-state index is 0.368.